The quantitative estimate of drug-likeness (QED) is 0.753. The van der Waals surface area contributed by atoms with Gasteiger partial charge in [-0.25, -0.2) is 4.98 Å². The summed E-state index contributed by atoms with van der Waals surface area (Å²) >= 11 is 0. The van der Waals surface area contributed by atoms with Gasteiger partial charge in [-0.05, 0) is 38.3 Å². The zero-order chi connectivity index (χ0) is 10.8. The van der Waals surface area contributed by atoms with Crippen LogP contribution < -0.4 is 4.90 Å². The Kier molecular flexibility index (Phi) is 2.59. The predicted molar refractivity (Wildman–Crippen MR) is 59.7 cm³/mol. The molecule has 0 unspecified atom stereocenters. The molecule has 3 nitrogen and oxygen atoms in total. The van der Waals surface area contributed by atoms with Crippen LogP contribution in [0.3, 0.4) is 0 Å². The van der Waals surface area contributed by atoms with Crippen LogP contribution in [0.5, 0.6) is 0 Å². The van der Waals surface area contributed by atoms with Crippen molar-refractivity contribution in [2.24, 2.45) is 0 Å². The van der Waals surface area contributed by atoms with Crippen LogP contribution in [0.1, 0.15) is 30.9 Å². The first-order chi connectivity index (χ1) is 7.27. The molecule has 3 heteroatoms. The lowest BCUT2D eigenvalue weighted by atomic mass is 10.1. The highest BCUT2D eigenvalue weighted by Gasteiger charge is 2.30. The Morgan fingerprint density at radius 3 is 2.87 bits per heavy atom. The van der Waals surface area contributed by atoms with Crippen molar-refractivity contribution in [2.75, 3.05) is 11.4 Å². The van der Waals surface area contributed by atoms with Crippen LogP contribution in [0.15, 0.2) is 12.3 Å². The van der Waals surface area contributed by atoms with Crippen molar-refractivity contribution in [3.8, 4) is 6.07 Å². The zero-order valence-corrected chi connectivity index (χ0v) is 9.20. The molecule has 1 aromatic heterocycles. The number of rotatable bonds is 3. The molecule has 1 aliphatic rings. The number of hydrogen-bond donors (Lipinski definition) is 0. The molecule has 0 N–H and O–H groups in total. The maximum Gasteiger partial charge on any atom is 0.146 e. The minimum absolute atomic E-state index is 0.608. The van der Waals surface area contributed by atoms with Crippen molar-refractivity contribution in [3.63, 3.8) is 0 Å². The number of anilines is 1. The third-order valence-corrected chi connectivity index (χ3v) is 2.85. The van der Waals surface area contributed by atoms with Gasteiger partial charge in [-0.2, -0.15) is 5.26 Å². The smallest absolute Gasteiger partial charge is 0.146 e. The zero-order valence-electron chi connectivity index (χ0n) is 9.20. The molecule has 1 saturated carbocycles. The summed E-state index contributed by atoms with van der Waals surface area (Å²) in [6, 6.07) is 4.76. The summed E-state index contributed by atoms with van der Waals surface area (Å²) in [7, 11) is 0. The molecule has 1 fully saturated rings. The van der Waals surface area contributed by atoms with Gasteiger partial charge in [0.1, 0.15) is 11.9 Å². The van der Waals surface area contributed by atoms with Crippen molar-refractivity contribution in [2.45, 2.75) is 32.7 Å². The van der Waals surface area contributed by atoms with Gasteiger partial charge in [0.2, 0.25) is 0 Å². The summed E-state index contributed by atoms with van der Waals surface area (Å²) in [4.78, 5) is 6.59. The third kappa shape index (κ3) is 1.80. The fraction of sp³-hybridized carbons (Fsp3) is 0.500. The fourth-order valence-corrected chi connectivity index (χ4v) is 1.87. The molecular weight excluding hydrogens is 186 g/mol. The molecule has 1 aliphatic carbocycles. The predicted octanol–water partition coefficient (Wildman–Crippen LogP) is 2.25. The normalized spacial score (nSPS) is 14.7. The van der Waals surface area contributed by atoms with Crippen molar-refractivity contribution in [1.82, 2.24) is 4.98 Å². The Morgan fingerprint density at radius 1 is 1.60 bits per heavy atom. The van der Waals surface area contributed by atoms with Gasteiger partial charge in [-0.15, -0.1) is 0 Å². The second kappa shape index (κ2) is 3.90. The molecule has 0 aliphatic heterocycles. The summed E-state index contributed by atoms with van der Waals surface area (Å²) in [5.74, 6) is 0.863. The van der Waals surface area contributed by atoms with E-state index in [4.69, 9.17) is 5.26 Å². The van der Waals surface area contributed by atoms with Crippen molar-refractivity contribution < 1.29 is 0 Å². The summed E-state index contributed by atoms with van der Waals surface area (Å²) in [5, 5.41) is 9.13. The van der Waals surface area contributed by atoms with E-state index in [1.807, 2.05) is 13.0 Å². The van der Waals surface area contributed by atoms with Gasteiger partial charge in [0, 0.05) is 18.8 Å². The van der Waals surface area contributed by atoms with E-state index >= 15 is 0 Å². The van der Waals surface area contributed by atoms with Crippen LogP contribution in [0.25, 0.3) is 0 Å². The van der Waals surface area contributed by atoms with E-state index in [0.29, 0.717) is 6.04 Å². The van der Waals surface area contributed by atoms with Crippen LogP contribution in [0, 0.1) is 18.3 Å². The first-order valence-corrected chi connectivity index (χ1v) is 5.40. The molecule has 1 heterocycles. The molecule has 0 aromatic carbocycles. The molecule has 0 spiro atoms. The largest absolute Gasteiger partial charge is 0.353 e. The number of aromatic nitrogens is 1. The van der Waals surface area contributed by atoms with Crippen LogP contribution in [0.4, 0.5) is 5.82 Å². The molecule has 1 aromatic rings. The Bertz CT molecular complexity index is 402. The topological polar surface area (TPSA) is 39.9 Å². The van der Waals surface area contributed by atoms with E-state index in [9.17, 15) is 0 Å². The molecule has 0 bridgehead atoms. The highest BCUT2D eigenvalue weighted by atomic mass is 15.2. The van der Waals surface area contributed by atoms with E-state index < -0.39 is 0 Å². The summed E-state index contributed by atoms with van der Waals surface area (Å²) in [6.45, 7) is 5.00. The monoisotopic (exact) mass is 201 g/mol. The van der Waals surface area contributed by atoms with Crippen molar-refractivity contribution in [3.05, 3.63) is 23.4 Å². The SMILES string of the molecule is CCN(c1nccc(C)c1C#N)C1CC1. The number of aryl methyl sites for hydroxylation is 1. The molecule has 78 valence electrons. The average Bonchev–Trinajstić information content (AvgIpc) is 3.04. The Labute approximate surface area is 90.4 Å². The van der Waals surface area contributed by atoms with Gasteiger partial charge in [-0.1, -0.05) is 0 Å². The highest BCUT2D eigenvalue weighted by molar-refractivity contribution is 5.58. The van der Waals surface area contributed by atoms with E-state index in [-0.39, 0.29) is 0 Å². The molecule has 2 rings (SSSR count). The third-order valence-electron chi connectivity index (χ3n) is 2.85. The van der Waals surface area contributed by atoms with Crippen LogP contribution >= 0.6 is 0 Å². The molecular formula is C12H15N3. The second-order valence-electron chi connectivity index (χ2n) is 3.96. The van der Waals surface area contributed by atoms with Gasteiger partial charge in [0.15, 0.2) is 0 Å². The lowest BCUT2D eigenvalue weighted by molar-refractivity contribution is 0.805. The Morgan fingerprint density at radius 2 is 2.33 bits per heavy atom. The van der Waals surface area contributed by atoms with E-state index in [1.165, 1.54) is 12.8 Å². The van der Waals surface area contributed by atoms with Crippen LogP contribution in [-0.2, 0) is 0 Å². The van der Waals surface area contributed by atoms with Gasteiger partial charge < -0.3 is 4.90 Å². The van der Waals surface area contributed by atoms with Gasteiger partial charge in [0.05, 0.1) is 5.56 Å². The van der Waals surface area contributed by atoms with Crippen LogP contribution in [0.2, 0.25) is 0 Å². The maximum atomic E-state index is 9.13. The first-order valence-electron chi connectivity index (χ1n) is 5.40. The minimum Gasteiger partial charge on any atom is -0.353 e. The number of nitriles is 1. The average molecular weight is 201 g/mol. The standard InChI is InChI=1S/C12H15N3/c1-3-15(10-4-5-10)12-11(8-13)9(2)6-7-14-12/h6-7,10H,3-5H2,1-2H3. The summed E-state index contributed by atoms with van der Waals surface area (Å²) in [6.07, 6.45) is 4.25. The Hall–Kier alpha value is -1.56. The maximum absolute atomic E-state index is 9.13. The lowest BCUT2D eigenvalue weighted by Gasteiger charge is -2.22. The second-order valence-corrected chi connectivity index (χ2v) is 3.96. The number of hydrogen-bond acceptors (Lipinski definition) is 3. The number of pyridine rings is 1. The minimum atomic E-state index is 0.608. The molecule has 0 saturated heterocycles. The van der Waals surface area contributed by atoms with Crippen molar-refractivity contribution >= 4 is 5.82 Å². The van der Waals surface area contributed by atoms with E-state index in [2.05, 4.69) is 22.9 Å². The molecule has 0 amide bonds. The van der Waals surface area contributed by atoms with Crippen LogP contribution in [-0.4, -0.2) is 17.6 Å². The van der Waals surface area contributed by atoms with Gasteiger partial charge in [0.25, 0.3) is 0 Å². The fourth-order valence-electron chi connectivity index (χ4n) is 1.87. The summed E-state index contributed by atoms with van der Waals surface area (Å²) in [5.41, 5.74) is 1.74. The van der Waals surface area contributed by atoms with Gasteiger partial charge in [-0.3, -0.25) is 0 Å². The summed E-state index contributed by atoms with van der Waals surface area (Å²) < 4.78 is 0. The first kappa shape index (κ1) is 9.97. The van der Waals surface area contributed by atoms with E-state index in [1.54, 1.807) is 6.20 Å². The lowest BCUT2D eigenvalue weighted by Crippen LogP contribution is -2.27. The van der Waals surface area contributed by atoms with Gasteiger partial charge >= 0.3 is 0 Å². The molecule has 0 atom stereocenters. The van der Waals surface area contributed by atoms with Crippen molar-refractivity contribution in [1.29, 1.82) is 5.26 Å². The highest BCUT2D eigenvalue weighted by Crippen LogP contribution is 2.32. The Balaban J connectivity index is 2.41. The number of nitrogens with zero attached hydrogens (tertiary/aromatic N) is 3. The molecule has 0 radical (unpaired) electrons. The van der Waals surface area contributed by atoms with E-state index in [0.717, 1.165) is 23.5 Å². The molecule has 15 heavy (non-hydrogen) atoms.